The Labute approximate surface area is 224 Å². The number of nitrogens with two attached hydrogens (primary N) is 3. The third kappa shape index (κ3) is 8.53. The number of carboxylic acids is 1. The maximum absolute atomic E-state index is 13.5. The SMILES string of the molecule is NC(N)=NCCCC(N)C(=O)NC(Cc1cnc[nH]1)C(=O)NC(Cc1cnc[nH]1)C(=O)N1CCCC1C(=O)O. The summed E-state index contributed by atoms with van der Waals surface area (Å²) < 4.78 is 0. The first-order valence-electron chi connectivity index (χ1n) is 12.5. The number of nitrogens with zero attached hydrogens (tertiary/aromatic N) is 4. The summed E-state index contributed by atoms with van der Waals surface area (Å²) in [7, 11) is 0. The average Bonchev–Trinajstić information content (AvgIpc) is 3.68. The van der Waals surface area contributed by atoms with Gasteiger partial charge in [-0.1, -0.05) is 0 Å². The Balaban J connectivity index is 1.74. The number of aliphatic carboxylic acids is 1. The Bertz CT molecular complexity index is 1130. The molecule has 39 heavy (non-hydrogen) atoms. The van der Waals surface area contributed by atoms with Gasteiger partial charge in [-0.05, 0) is 25.7 Å². The van der Waals surface area contributed by atoms with E-state index in [0.717, 1.165) is 0 Å². The van der Waals surface area contributed by atoms with Gasteiger partial charge in [-0.15, -0.1) is 0 Å². The molecule has 1 saturated heterocycles. The van der Waals surface area contributed by atoms with Crippen LogP contribution < -0.4 is 27.8 Å². The van der Waals surface area contributed by atoms with E-state index >= 15 is 0 Å². The number of carbonyl (C=O) groups excluding carboxylic acids is 3. The topological polar surface area (TPSA) is 264 Å². The first-order chi connectivity index (χ1) is 18.7. The molecule has 16 nitrogen and oxygen atoms in total. The summed E-state index contributed by atoms with van der Waals surface area (Å²) in [5.41, 5.74) is 17.8. The van der Waals surface area contributed by atoms with Gasteiger partial charge >= 0.3 is 5.97 Å². The second-order valence-electron chi connectivity index (χ2n) is 9.27. The molecule has 212 valence electrons. The van der Waals surface area contributed by atoms with E-state index in [1.54, 1.807) is 0 Å². The van der Waals surface area contributed by atoms with Gasteiger partial charge in [0.15, 0.2) is 5.96 Å². The van der Waals surface area contributed by atoms with E-state index < -0.39 is 47.9 Å². The fourth-order valence-electron chi connectivity index (χ4n) is 4.33. The van der Waals surface area contributed by atoms with E-state index in [1.165, 1.54) is 29.9 Å². The average molecular weight is 546 g/mol. The molecule has 2 aromatic heterocycles. The Morgan fingerprint density at radius 2 is 1.67 bits per heavy atom. The van der Waals surface area contributed by atoms with Crippen LogP contribution in [0, 0.1) is 0 Å². The summed E-state index contributed by atoms with van der Waals surface area (Å²) in [6.45, 7) is 0.556. The van der Waals surface area contributed by atoms with Crippen molar-refractivity contribution in [3.63, 3.8) is 0 Å². The van der Waals surface area contributed by atoms with Crippen LogP contribution in [0.3, 0.4) is 0 Å². The largest absolute Gasteiger partial charge is 0.480 e. The third-order valence-corrected chi connectivity index (χ3v) is 6.33. The monoisotopic (exact) mass is 545 g/mol. The molecule has 1 aliphatic rings. The number of aliphatic imine (C=N–C) groups is 1. The number of aromatic amines is 2. The molecule has 0 radical (unpaired) electrons. The number of rotatable bonds is 14. The van der Waals surface area contributed by atoms with Crippen molar-refractivity contribution >= 4 is 29.7 Å². The highest BCUT2D eigenvalue weighted by Crippen LogP contribution is 2.19. The molecule has 16 heteroatoms. The number of guanidine groups is 1. The van der Waals surface area contributed by atoms with Crippen LogP contribution in [0.25, 0.3) is 0 Å². The zero-order chi connectivity index (χ0) is 28.4. The lowest BCUT2D eigenvalue weighted by molar-refractivity contribution is -0.149. The van der Waals surface area contributed by atoms with Crippen LogP contribution in [-0.2, 0) is 32.0 Å². The lowest BCUT2D eigenvalue weighted by atomic mass is 10.1. The van der Waals surface area contributed by atoms with Crippen molar-refractivity contribution in [1.29, 1.82) is 0 Å². The Morgan fingerprint density at radius 3 is 2.23 bits per heavy atom. The van der Waals surface area contributed by atoms with Gasteiger partial charge in [0.05, 0.1) is 18.7 Å². The molecule has 4 atom stereocenters. The van der Waals surface area contributed by atoms with Gasteiger partial charge in [-0.25, -0.2) is 14.8 Å². The quantitative estimate of drug-likeness (QED) is 0.0693. The van der Waals surface area contributed by atoms with Gasteiger partial charge in [0.1, 0.15) is 18.1 Å². The zero-order valence-corrected chi connectivity index (χ0v) is 21.4. The summed E-state index contributed by atoms with van der Waals surface area (Å²) >= 11 is 0. The molecule has 2 aromatic rings. The lowest BCUT2D eigenvalue weighted by Crippen LogP contribution is -2.58. The fraction of sp³-hybridized carbons (Fsp3) is 0.522. The minimum atomic E-state index is -1.11. The van der Waals surface area contributed by atoms with Crippen LogP contribution in [0.4, 0.5) is 0 Å². The number of aromatic nitrogens is 4. The number of hydrogen-bond donors (Lipinski definition) is 8. The van der Waals surface area contributed by atoms with E-state index in [-0.39, 0.29) is 31.8 Å². The van der Waals surface area contributed by atoms with Crippen LogP contribution in [0.1, 0.15) is 37.1 Å². The Kier molecular flexibility index (Phi) is 10.4. The first-order valence-corrected chi connectivity index (χ1v) is 12.5. The van der Waals surface area contributed by atoms with Crippen molar-refractivity contribution in [3.8, 4) is 0 Å². The van der Waals surface area contributed by atoms with Gasteiger partial charge in [0, 0.05) is 49.7 Å². The van der Waals surface area contributed by atoms with E-state index in [9.17, 15) is 24.3 Å². The van der Waals surface area contributed by atoms with Crippen molar-refractivity contribution in [1.82, 2.24) is 35.5 Å². The molecule has 0 aliphatic carbocycles. The van der Waals surface area contributed by atoms with E-state index in [1.807, 2.05) is 0 Å². The predicted molar refractivity (Wildman–Crippen MR) is 139 cm³/mol. The highest BCUT2D eigenvalue weighted by molar-refractivity contribution is 5.94. The van der Waals surface area contributed by atoms with Crippen LogP contribution in [0.15, 0.2) is 30.0 Å². The number of carboxylic acid groups (broad SMARTS) is 1. The van der Waals surface area contributed by atoms with Crippen LogP contribution in [0.2, 0.25) is 0 Å². The summed E-state index contributed by atoms with van der Waals surface area (Å²) in [5, 5.41) is 14.9. The molecule has 0 saturated carbocycles. The third-order valence-electron chi connectivity index (χ3n) is 6.33. The molecule has 0 bridgehead atoms. The summed E-state index contributed by atoms with van der Waals surface area (Å²) in [6, 6.07) is -4.12. The van der Waals surface area contributed by atoms with E-state index in [0.29, 0.717) is 37.2 Å². The second-order valence-corrected chi connectivity index (χ2v) is 9.27. The van der Waals surface area contributed by atoms with E-state index in [4.69, 9.17) is 17.2 Å². The molecule has 1 aliphatic heterocycles. The number of carbonyl (C=O) groups is 4. The molecule has 1 fully saturated rings. The lowest BCUT2D eigenvalue weighted by Gasteiger charge is -2.28. The highest BCUT2D eigenvalue weighted by Gasteiger charge is 2.38. The Hall–Kier alpha value is -4.47. The number of hydrogen-bond acceptors (Lipinski definition) is 8. The van der Waals surface area contributed by atoms with Gasteiger partial charge in [0.25, 0.3) is 0 Å². The number of nitrogens with one attached hydrogen (secondary N) is 4. The second kappa shape index (κ2) is 13.9. The summed E-state index contributed by atoms with van der Waals surface area (Å²) in [5.74, 6) is -2.92. The smallest absolute Gasteiger partial charge is 0.326 e. The molecule has 0 spiro atoms. The van der Waals surface area contributed by atoms with Gasteiger partial charge in [-0.2, -0.15) is 0 Å². The van der Waals surface area contributed by atoms with Crippen molar-refractivity contribution in [3.05, 3.63) is 36.4 Å². The standard InChI is InChI=1S/C23H35N11O5/c24-15(3-1-5-29-23(25)26)19(35)32-16(7-13-9-27-11-30-13)20(36)33-17(8-14-10-28-12-31-14)21(37)34-6-2-4-18(34)22(38)39/h9-12,15-18H,1-8,24H2,(H,27,30)(H,28,31)(H,32,35)(H,33,36)(H,38,39)(H4,25,26,29). The molecule has 3 heterocycles. The zero-order valence-electron chi connectivity index (χ0n) is 21.4. The van der Waals surface area contributed by atoms with Gasteiger partial charge < -0.3 is 47.8 Å². The molecule has 0 aromatic carbocycles. The molecule has 3 amide bonds. The molecular weight excluding hydrogens is 510 g/mol. The maximum atomic E-state index is 13.5. The number of likely N-dealkylation sites (tertiary alicyclic amines) is 1. The Morgan fingerprint density at radius 1 is 1.05 bits per heavy atom. The van der Waals surface area contributed by atoms with Gasteiger partial charge in [0.2, 0.25) is 17.7 Å². The van der Waals surface area contributed by atoms with E-state index in [2.05, 4.69) is 35.6 Å². The number of H-pyrrole nitrogens is 2. The highest BCUT2D eigenvalue weighted by atomic mass is 16.4. The van der Waals surface area contributed by atoms with Crippen LogP contribution in [-0.4, -0.2) is 96.8 Å². The minimum Gasteiger partial charge on any atom is -0.480 e. The molecule has 11 N–H and O–H groups in total. The van der Waals surface area contributed by atoms with Crippen molar-refractivity contribution in [2.75, 3.05) is 13.1 Å². The molecule has 3 rings (SSSR count). The number of imidazole rings is 2. The number of amides is 3. The molecular formula is C23H35N11O5. The van der Waals surface area contributed by atoms with Crippen LogP contribution in [0.5, 0.6) is 0 Å². The molecule has 4 unspecified atom stereocenters. The van der Waals surface area contributed by atoms with Crippen molar-refractivity contribution in [2.24, 2.45) is 22.2 Å². The summed E-state index contributed by atoms with van der Waals surface area (Å²) in [4.78, 5) is 70.2. The first kappa shape index (κ1) is 29.1. The normalized spacial score (nSPS) is 17.2. The van der Waals surface area contributed by atoms with Gasteiger partial charge in [-0.3, -0.25) is 19.4 Å². The minimum absolute atomic E-state index is 0.0441. The predicted octanol–water partition coefficient (Wildman–Crippen LogP) is -2.66. The summed E-state index contributed by atoms with van der Waals surface area (Å²) in [6.07, 6.45) is 7.56. The maximum Gasteiger partial charge on any atom is 0.326 e. The van der Waals surface area contributed by atoms with Crippen LogP contribution >= 0.6 is 0 Å². The van der Waals surface area contributed by atoms with Crippen molar-refractivity contribution < 1.29 is 24.3 Å². The van der Waals surface area contributed by atoms with Crippen molar-refractivity contribution in [2.45, 2.75) is 62.7 Å². The fourth-order valence-corrected chi connectivity index (χ4v) is 4.33.